The van der Waals surface area contributed by atoms with Gasteiger partial charge in [0.15, 0.2) is 0 Å². The maximum absolute atomic E-state index is 14.0. The lowest BCUT2D eigenvalue weighted by molar-refractivity contribution is -0.133. The second-order valence-electron chi connectivity index (χ2n) is 6.18. The zero-order chi connectivity index (χ0) is 17.3. The van der Waals surface area contributed by atoms with E-state index in [0.717, 1.165) is 16.8 Å². The van der Waals surface area contributed by atoms with E-state index >= 15 is 0 Å². The minimum Gasteiger partial charge on any atom is -0.289 e. The van der Waals surface area contributed by atoms with E-state index in [4.69, 9.17) is 0 Å². The van der Waals surface area contributed by atoms with Crippen molar-refractivity contribution in [1.82, 2.24) is 10.5 Å². The highest BCUT2D eigenvalue weighted by molar-refractivity contribution is 5.94. The Morgan fingerprint density at radius 2 is 2.08 bits per heavy atom. The van der Waals surface area contributed by atoms with Crippen LogP contribution < -0.4 is 5.48 Å². The quantitative estimate of drug-likeness (QED) is 0.671. The molecule has 0 spiro atoms. The lowest BCUT2D eigenvalue weighted by atomic mass is 9.77. The van der Waals surface area contributed by atoms with Crippen molar-refractivity contribution in [3.63, 3.8) is 0 Å². The Labute approximate surface area is 140 Å². The summed E-state index contributed by atoms with van der Waals surface area (Å²) < 4.78 is 14.0. The van der Waals surface area contributed by atoms with E-state index in [-0.39, 0.29) is 5.82 Å². The van der Waals surface area contributed by atoms with Gasteiger partial charge in [0.2, 0.25) is 0 Å². The van der Waals surface area contributed by atoms with Crippen LogP contribution >= 0.6 is 0 Å². The first-order valence-electron chi connectivity index (χ1n) is 7.83. The number of hydrogen-bond donors (Lipinski definition) is 2. The summed E-state index contributed by atoms with van der Waals surface area (Å²) in [7, 11) is 0. The van der Waals surface area contributed by atoms with Gasteiger partial charge in [0.1, 0.15) is 5.82 Å². The number of hydrogen-bond acceptors (Lipinski definition) is 3. The number of allylic oxidation sites excluding steroid dienone is 1. The fourth-order valence-corrected chi connectivity index (χ4v) is 3.36. The van der Waals surface area contributed by atoms with Gasteiger partial charge in [0, 0.05) is 11.9 Å². The van der Waals surface area contributed by atoms with Gasteiger partial charge in [-0.1, -0.05) is 24.3 Å². The normalized spacial score (nSPS) is 19.9. The van der Waals surface area contributed by atoms with Gasteiger partial charge < -0.3 is 0 Å². The summed E-state index contributed by atoms with van der Waals surface area (Å²) in [6.45, 7) is 3.56. The van der Waals surface area contributed by atoms with E-state index in [1.807, 2.05) is 25.1 Å². The molecule has 4 nitrogen and oxygen atoms in total. The highest BCUT2D eigenvalue weighted by atomic mass is 19.1. The molecule has 0 aliphatic heterocycles. The van der Waals surface area contributed by atoms with Gasteiger partial charge in [0.25, 0.3) is 5.91 Å². The molecule has 2 N–H and O–H groups in total. The Bertz CT molecular complexity index is 815. The molecule has 3 rings (SSSR count). The van der Waals surface area contributed by atoms with Crippen LogP contribution in [-0.2, 0) is 10.2 Å². The van der Waals surface area contributed by atoms with E-state index in [1.165, 1.54) is 6.07 Å². The maximum Gasteiger partial charge on any atom is 0.257 e. The zero-order valence-electron chi connectivity index (χ0n) is 13.6. The molecule has 0 radical (unpaired) electrons. The Morgan fingerprint density at radius 3 is 2.75 bits per heavy atom. The number of rotatable bonds is 3. The van der Waals surface area contributed by atoms with Crippen molar-refractivity contribution < 1.29 is 14.4 Å². The summed E-state index contributed by atoms with van der Waals surface area (Å²) in [6.07, 6.45) is 4.71. The van der Waals surface area contributed by atoms with Gasteiger partial charge in [-0.2, -0.15) is 0 Å². The monoisotopic (exact) mass is 326 g/mol. The fraction of sp³-hybridized carbons (Fsp3) is 0.263. The molecule has 1 aromatic heterocycles. The molecule has 0 fully saturated rings. The molecule has 5 heteroatoms. The number of nitrogens with zero attached hydrogens (tertiary/aromatic N) is 1. The van der Waals surface area contributed by atoms with Crippen LogP contribution in [0, 0.1) is 19.7 Å². The SMILES string of the molecule is Cc1ccc(C2=CC(C(=O)NO)(c3cccc(F)c3C)CC2)cn1. The van der Waals surface area contributed by atoms with Crippen molar-refractivity contribution in [2.24, 2.45) is 0 Å². The fourth-order valence-electron chi connectivity index (χ4n) is 3.36. The average molecular weight is 326 g/mol. The zero-order valence-corrected chi connectivity index (χ0v) is 13.6. The summed E-state index contributed by atoms with van der Waals surface area (Å²) in [5.41, 5.74) is 4.48. The lowest BCUT2D eigenvalue weighted by Crippen LogP contribution is -2.41. The van der Waals surface area contributed by atoms with E-state index < -0.39 is 11.3 Å². The Balaban J connectivity index is 2.13. The highest BCUT2D eigenvalue weighted by Gasteiger charge is 2.43. The number of carbonyl (C=O) groups excluding carboxylic acids is 1. The van der Waals surface area contributed by atoms with E-state index in [9.17, 15) is 14.4 Å². The molecule has 1 heterocycles. The Hall–Kier alpha value is -2.53. The van der Waals surface area contributed by atoms with E-state index in [1.54, 1.807) is 30.7 Å². The molecule has 1 aromatic carbocycles. The highest BCUT2D eigenvalue weighted by Crippen LogP contribution is 2.44. The molecule has 1 amide bonds. The van der Waals surface area contributed by atoms with Crippen LogP contribution in [0.5, 0.6) is 0 Å². The third-order valence-corrected chi connectivity index (χ3v) is 4.75. The molecule has 124 valence electrons. The minimum absolute atomic E-state index is 0.364. The van der Waals surface area contributed by atoms with Gasteiger partial charge in [-0.3, -0.25) is 15.0 Å². The van der Waals surface area contributed by atoms with Gasteiger partial charge in [-0.25, -0.2) is 9.87 Å². The molecule has 1 atom stereocenters. The van der Waals surface area contributed by atoms with E-state index in [2.05, 4.69) is 4.98 Å². The molecule has 1 aliphatic carbocycles. The molecule has 1 unspecified atom stereocenters. The van der Waals surface area contributed by atoms with Gasteiger partial charge >= 0.3 is 0 Å². The number of amides is 1. The molecule has 0 bridgehead atoms. The molecule has 2 aromatic rings. The number of pyridine rings is 1. The van der Waals surface area contributed by atoms with Gasteiger partial charge in [0.05, 0.1) is 5.41 Å². The first-order valence-corrected chi connectivity index (χ1v) is 7.83. The van der Waals surface area contributed by atoms with Crippen molar-refractivity contribution in [3.05, 3.63) is 70.8 Å². The number of aromatic nitrogens is 1. The summed E-state index contributed by atoms with van der Waals surface area (Å²) in [5, 5.41) is 9.24. The Morgan fingerprint density at radius 1 is 1.29 bits per heavy atom. The van der Waals surface area contributed by atoms with Crippen molar-refractivity contribution in [1.29, 1.82) is 0 Å². The molecule has 24 heavy (non-hydrogen) atoms. The summed E-state index contributed by atoms with van der Waals surface area (Å²) in [6, 6.07) is 8.56. The molecule has 0 saturated heterocycles. The second kappa shape index (κ2) is 6.17. The van der Waals surface area contributed by atoms with Crippen LogP contribution in [0.1, 0.15) is 35.2 Å². The number of nitrogens with one attached hydrogen (secondary N) is 1. The Kier molecular flexibility index (Phi) is 4.20. The van der Waals surface area contributed by atoms with Crippen molar-refractivity contribution in [3.8, 4) is 0 Å². The molecule has 0 saturated carbocycles. The van der Waals surface area contributed by atoms with Gasteiger partial charge in [-0.15, -0.1) is 0 Å². The van der Waals surface area contributed by atoms with Gasteiger partial charge in [-0.05, 0) is 61.1 Å². The van der Waals surface area contributed by atoms with Crippen LogP contribution in [0.3, 0.4) is 0 Å². The van der Waals surface area contributed by atoms with Crippen LogP contribution in [0.15, 0.2) is 42.6 Å². The largest absolute Gasteiger partial charge is 0.289 e. The molecular weight excluding hydrogens is 307 g/mol. The third kappa shape index (κ3) is 2.61. The number of aryl methyl sites for hydroxylation is 1. The third-order valence-electron chi connectivity index (χ3n) is 4.75. The summed E-state index contributed by atoms with van der Waals surface area (Å²) in [4.78, 5) is 16.8. The smallest absolute Gasteiger partial charge is 0.257 e. The van der Waals surface area contributed by atoms with Crippen LogP contribution in [0.25, 0.3) is 5.57 Å². The molecule has 1 aliphatic rings. The standard InChI is InChI=1S/C19H19FN2O2/c1-12-6-7-15(11-21-12)14-8-9-19(10-14,18(23)22-24)16-4-3-5-17(20)13(16)2/h3-7,10-11,24H,8-9H2,1-2H3,(H,22,23). The second-order valence-corrected chi connectivity index (χ2v) is 6.18. The number of halogens is 1. The first-order chi connectivity index (χ1) is 11.5. The number of carbonyl (C=O) groups is 1. The van der Waals surface area contributed by atoms with E-state index in [0.29, 0.717) is 24.0 Å². The minimum atomic E-state index is -1.08. The van der Waals surface area contributed by atoms with Crippen molar-refractivity contribution in [2.75, 3.05) is 0 Å². The first kappa shape index (κ1) is 16.3. The predicted molar refractivity (Wildman–Crippen MR) is 88.9 cm³/mol. The van der Waals surface area contributed by atoms with Crippen LogP contribution in [0.4, 0.5) is 4.39 Å². The lowest BCUT2D eigenvalue weighted by Gasteiger charge is -2.27. The number of benzene rings is 1. The maximum atomic E-state index is 14.0. The average Bonchev–Trinajstić information content (AvgIpc) is 3.03. The molecular formula is C19H19FN2O2. The van der Waals surface area contributed by atoms with Crippen LogP contribution in [-0.4, -0.2) is 16.1 Å². The summed E-state index contributed by atoms with van der Waals surface area (Å²) in [5.74, 6) is -0.914. The predicted octanol–water partition coefficient (Wildman–Crippen LogP) is 3.46. The number of hydroxylamine groups is 1. The summed E-state index contributed by atoms with van der Waals surface area (Å²) >= 11 is 0. The van der Waals surface area contributed by atoms with Crippen LogP contribution in [0.2, 0.25) is 0 Å². The van der Waals surface area contributed by atoms with Crippen molar-refractivity contribution in [2.45, 2.75) is 32.1 Å². The topological polar surface area (TPSA) is 62.2 Å². The van der Waals surface area contributed by atoms with Crippen molar-refractivity contribution >= 4 is 11.5 Å².